The van der Waals surface area contributed by atoms with Gasteiger partial charge in [-0.2, -0.15) is 0 Å². The Morgan fingerprint density at radius 3 is 2.31 bits per heavy atom. The average molecular weight is 231 g/mol. The smallest absolute Gasteiger partial charge is 0.0704 e. The van der Waals surface area contributed by atoms with E-state index in [9.17, 15) is 0 Å². The van der Waals surface area contributed by atoms with Gasteiger partial charge in [0.25, 0.3) is 0 Å². The van der Waals surface area contributed by atoms with Crippen molar-refractivity contribution in [2.45, 2.75) is 59.1 Å². The van der Waals surface area contributed by atoms with Crippen LogP contribution < -0.4 is 5.32 Å². The first-order valence-electron chi connectivity index (χ1n) is 6.44. The van der Waals surface area contributed by atoms with Crippen LogP contribution in [-0.4, -0.2) is 38.0 Å². The second kappa shape index (κ2) is 8.97. The zero-order chi connectivity index (χ0) is 12.4. The molecule has 3 nitrogen and oxygen atoms in total. The summed E-state index contributed by atoms with van der Waals surface area (Å²) in [4.78, 5) is 0. The number of nitrogens with one attached hydrogen (secondary N) is 1. The predicted molar refractivity (Wildman–Crippen MR) is 68.9 cm³/mol. The van der Waals surface area contributed by atoms with Crippen LogP contribution in [-0.2, 0) is 9.47 Å². The normalized spacial score (nSPS) is 14.1. The van der Waals surface area contributed by atoms with E-state index in [1.165, 1.54) is 0 Å². The van der Waals surface area contributed by atoms with Gasteiger partial charge in [0, 0.05) is 18.7 Å². The Hall–Kier alpha value is -0.120. The van der Waals surface area contributed by atoms with Gasteiger partial charge in [-0.05, 0) is 34.1 Å². The lowest BCUT2D eigenvalue weighted by atomic mass is 10.1. The predicted octanol–water partition coefficient (Wildman–Crippen LogP) is 2.60. The summed E-state index contributed by atoms with van der Waals surface area (Å²) in [6.07, 6.45) is 2.57. The molecule has 0 aromatic rings. The molecule has 0 heterocycles. The Kier molecular flexibility index (Phi) is 8.90. The summed E-state index contributed by atoms with van der Waals surface area (Å²) in [5.74, 6) is 0. The highest BCUT2D eigenvalue weighted by molar-refractivity contribution is 4.73. The van der Waals surface area contributed by atoms with Crippen molar-refractivity contribution in [1.82, 2.24) is 5.32 Å². The Bertz CT molecular complexity index is 155. The van der Waals surface area contributed by atoms with Crippen molar-refractivity contribution in [3.63, 3.8) is 0 Å². The van der Waals surface area contributed by atoms with E-state index in [4.69, 9.17) is 9.47 Å². The Labute approximate surface area is 101 Å². The third-order valence-corrected chi connectivity index (χ3v) is 2.26. The van der Waals surface area contributed by atoms with Crippen molar-refractivity contribution in [3.05, 3.63) is 0 Å². The van der Waals surface area contributed by atoms with E-state index in [0.717, 1.165) is 26.0 Å². The number of hydrogen-bond donors (Lipinski definition) is 1. The summed E-state index contributed by atoms with van der Waals surface area (Å²) >= 11 is 0. The highest BCUT2D eigenvalue weighted by Gasteiger charge is 2.13. The topological polar surface area (TPSA) is 30.5 Å². The van der Waals surface area contributed by atoms with Crippen molar-refractivity contribution in [3.8, 4) is 0 Å². The summed E-state index contributed by atoms with van der Waals surface area (Å²) in [7, 11) is 0. The van der Waals surface area contributed by atoms with Crippen LogP contribution in [0.15, 0.2) is 0 Å². The quantitative estimate of drug-likeness (QED) is 0.619. The van der Waals surface area contributed by atoms with E-state index >= 15 is 0 Å². The number of rotatable bonds is 9. The Morgan fingerprint density at radius 2 is 1.81 bits per heavy atom. The fraction of sp³-hybridized carbons (Fsp3) is 1.00. The largest absolute Gasteiger partial charge is 0.379 e. The molecule has 0 rings (SSSR count). The molecule has 0 aromatic carbocycles. The highest BCUT2D eigenvalue weighted by Crippen LogP contribution is 2.05. The van der Waals surface area contributed by atoms with Crippen LogP contribution in [0.5, 0.6) is 0 Å². The fourth-order valence-corrected chi connectivity index (χ4v) is 1.40. The van der Waals surface area contributed by atoms with Gasteiger partial charge in [-0.1, -0.05) is 13.3 Å². The Morgan fingerprint density at radius 1 is 1.12 bits per heavy atom. The number of ether oxygens (including phenoxy) is 2. The van der Waals surface area contributed by atoms with Gasteiger partial charge in [0.1, 0.15) is 0 Å². The minimum absolute atomic E-state index is 0.162. The molecule has 0 aromatic heterocycles. The maximum absolute atomic E-state index is 5.79. The molecule has 1 unspecified atom stereocenters. The van der Waals surface area contributed by atoms with Crippen molar-refractivity contribution in [2.75, 3.05) is 26.4 Å². The van der Waals surface area contributed by atoms with E-state index in [1.807, 2.05) is 6.92 Å². The third kappa shape index (κ3) is 10.4. The zero-order valence-corrected chi connectivity index (χ0v) is 11.6. The Balaban J connectivity index is 3.70. The second-order valence-electron chi connectivity index (χ2n) is 5.11. The molecule has 1 atom stereocenters. The number of hydrogen-bond acceptors (Lipinski definition) is 3. The third-order valence-electron chi connectivity index (χ3n) is 2.26. The van der Waals surface area contributed by atoms with Gasteiger partial charge in [0.05, 0.1) is 19.3 Å². The van der Waals surface area contributed by atoms with Crippen LogP contribution in [0.3, 0.4) is 0 Å². The molecule has 0 spiro atoms. The molecule has 0 radical (unpaired) electrons. The first-order valence-corrected chi connectivity index (χ1v) is 6.44. The minimum atomic E-state index is 0.162. The van der Waals surface area contributed by atoms with Crippen molar-refractivity contribution in [1.29, 1.82) is 0 Å². The molecule has 0 aliphatic heterocycles. The molecule has 0 saturated carbocycles. The van der Waals surface area contributed by atoms with Gasteiger partial charge in [0.15, 0.2) is 0 Å². The molecular formula is C13H29NO2. The van der Waals surface area contributed by atoms with Gasteiger partial charge < -0.3 is 14.8 Å². The van der Waals surface area contributed by atoms with Crippen LogP contribution in [0.4, 0.5) is 0 Å². The lowest BCUT2D eigenvalue weighted by Crippen LogP contribution is -2.41. The molecule has 1 N–H and O–H groups in total. The summed E-state index contributed by atoms with van der Waals surface area (Å²) in [5, 5.41) is 3.48. The first-order chi connectivity index (χ1) is 7.49. The van der Waals surface area contributed by atoms with Crippen molar-refractivity contribution >= 4 is 0 Å². The van der Waals surface area contributed by atoms with Crippen LogP contribution in [0.1, 0.15) is 47.5 Å². The van der Waals surface area contributed by atoms with Gasteiger partial charge >= 0.3 is 0 Å². The lowest BCUT2D eigenvalue weighted by Gasteiger charge is -2.25. The molecule has 0 fully saturated rings. The summed E-state index contributed by atoms with van der Waals surface area (Å²) < 4.78 is 11.1. The first kappa shape index (κ1) is 15.9. The molecule has 0 bridgehead atoms. The second-order valence-corrected chi connectivity index (χ2v) is 5.11. The molecule has 98 valence electrons. The molecule has 0 aliphatic carbocycles. The van der Waals surface area contributed by atoms with Crippen LogP contribution >= 0.6 is 0 Å². The summed E-state index contributed by atoms with van der Waals surface area (Å²) in [6.45, 7) is 13.8. The monoisotopic (exact) mass is 231 g/mol. The van der Waals surface area contributed by atoms with Crippen LogP contribution in [0.25, 0.3) is 0 Å². The molecule has 0 amide bonds. The lowest BCUT2D eigenvalue weighted by molar-refractivity contribution is 0.00198. The molecule has 0 saturated heterocycles. The fourth-order valence-electron chi connectivity index (χ4n) is 1.40. The maximum Gasteiger partial charge on any atom is 0.0704 e. The van der Waals surface area contributed by atoms with Crippen molar-refractivity contribution in [2.24, 2.45) is 0 Å². The van der Waals surface area contributed by atoms with E-state index in [2.05, 4.69) is 33.0 Å². The van der Waals surface area contributed by atoms with E-state index in [0.29, 0.717) is 19.3 Å². The van der Waals surface area contributed by atoms with Gasteiger partial charge in [-0.25, -0.2) is 0 Å². The molecule has 16 heavy (non-hydrogen) atoms. The van der Waals surface area contributed by atoms with E-state index in [1.54, 1.807) is 0 Å². The van der Waals surface area contributed by atoms with E-state index < -0.39 is 0 Å². The van der Waals surface area contributed by atoms with Crippen molar-refractivity contribution < 1.29 is 9.47 Å². The molecular weight excluding hydrogens is 202 g/mol. The minimum Gasteiger partial charge on any atom is -0.379 e. The van der Waals surface area contributed by atoms with Crippen LogP contribution in [0, 0.1) is 0 Å². The molecule has 0 aliphatic rings. The maximum atomic E-state index is 5.79. The molecule has 3 heteroatoms. The van der Waals surface area contributed by atoms with Gasteiger partial charge in [0.2, 0.25) is 0 Å². The summed E-state index contributed by atoms with van der Waals surface area (Å²) in [6, 6.07) is 0. The zero-order valence-electron chi connectivity index (χ0n) is 11.6. The standard InChI is InChI=1S/C13H29NO2/c1-6-8-12(11-14-13(3,4)5)16-10-9-15-7-2/h12,14H,6-11H2,1-5H3. The van der Waals surface area contributed by atoms with Crippen LogP contribution in [0.2, 0.25) is 0 Å². The average Bonchev–Trinajstić information content (AvgIpc) is 2.19. The summed E-state index contributed by atoms with van der Waals surface area (Å²) in [5.41, 5.74) is 0.162. The van der Waals surface area contributed by atoms with E-state index in [-0.39, 0.29) is 5.54 Å². The van der Waals surface area contributed by atoms with Gasteiger partial charge in [-0.3, -0.25) is 0 Å². The highest BCUT2D eigenvalue weighted by atomic mass is 16.5. The SMILES string of the molecule is CCCC(CNC(C)(C)C)OCCOCC. The van der Waals surface area contributed by atoms with Gasteiger partial charge in [-0.15, -0.1) is 0 Å².